The fourth-order valence-electron chi connectivity index (χ4n) is 1.86. The molecular weight excluding hydrogens is 278 g/mol. The van der Waals surface area contributed by atoms with Gasteiger partial charge in [0.05, 0.1) is 6.20 Å². The summed E-state index contributed by atoms with van der Waals surface area (Å²) in [6, 6.07) is 7.55. The lowest BCUT2D eigenvalue weighted by atomic mass is 10.1. The van der Waals surface area contributed by atoms with Crippen molar-refractivity contribution in [2.24, 2.45) is 7.05 Å². The molecule has 6 nitrogen and oxygen atoms in total. The van der Waals surface area contributed by atoms with Gasteiger partial charge in [-0.2, -0.15) is 10.1 Å². The van der Waals surface area contributed by atoms with E-state index in [1.165, 1.54) is 0 Å². The number of anilines is 1. The first-order valence-corrected chi connectivity index (χ1v) is 6.37. The molecule has 1 aromatic carbocycles. The predicted molar refractivity (Wildman–Crippen MR) is 75.2 cm³/mol. The molecule has 0 aliphatic heterocycles. The van der Waals surface area contributed by atoms with Crippen LogP contribution in [-0.4, -0.2) is 19.9 Å². The van der Waals surface area contributed by atoms with Crippen molar-refractivity contribution in [2.75, 3.05) is 5.73 Å². The maximum atomic E-state index is 6.11. The third-order valence-corrected chi connectivity index (χ3v) is 3.36. The van der Waals surface area contributed by atoms with Crippen LogP contribution < -0.4 is 5.73 Å². The van der Waals surface area contributed by atoms with Crippen LogP contribution in [0.5, 0.6) is 0 Å². The highest BCUT2D eigenvalue weighted by Crippen LogP contribution is 2.24. The molecular formula is C13H12ClN5O. The molecule has 0 aliphatic carbocycles. The number of aromatic nitrogens is 4. The van der Waals surface area contributed by atoms with E-state index in [2.05, 4.69) is 15.2 Å². The number of nitrogen functional groups attached to an aromatic ring is 1. The lowest BCUT2D eigenvalue weighted by Crippen LogP contribution is -1.98. The van der Waals surface area contributed by atoms with Crippen molar-refractivity contribution in [1.29, 1.82) is 0 Å². The van der Waals surface area contributed by atoms with Crippen molar-refractivity contribution in [3.63, 3.8) is 0 Å². The third kappa shape index (κ3) is 2.25. The molecule has 0 radical (unpaired) electrons. The van der Waals surface area contributed by atoms with E-state index in [-0.39, 0.29) is 0 Å². The van der Waals surface area contributed by atoms with Gasteiger partial charge in [0.1, 0.15) is 11.4 Å². The number of benzene rings is 1. The second kappa shape index (κ2) is 4.97. The first-order chi connectivity index (χ1) is 9.65. The molecule has 0 unspecified atom stereocenters. The Balaban J connectivity index is 1.88. The van der Waals surface area contributed by atoms with Crippen LogP contribution in [0.4, 0.5) is 5.82 Å². The zero-order chi connectivity index (χ0) is 14.1. The molecule has 0 aliphatic rings. The van der Waals surface area contributed by atoms with E-state index in [1.54, 1.807) is 17.9 Å². The molecule has 0 saturated carbocycles. The van der Waals surface area contributed by atoms with Crippen LogP contribution in [0.3, 0.4) is 0 Å². The van der Waals surface area contributed by atoms with Crippen LogP contribution in [-0.2, 0) is 13.5 Å². The van der Waals surface area contributed by atoms with Gasteiger partial charge in [0.15, 0.2) is 5.82 Å². The average Bonchev–Trinajstić information content (AvgIpc) is 3.01. The van der Waals surface area contributed by atoms with E-state index >= 15 is 0 Å². The van der Waals surface area contributed by atoms with E-state index in [9.17, 15) is 0 Å². The predicted octanol–water partition coefficient (Wildman–Crippen LogP) is 2.30. The van der Waals surface area contributed by atoms with E-state index in [1.807, 2.05) is 24.3 Å². The van der Waals surface area contributed by atoms with Crippen molar-refractivity contribution >= 4 is 17.4 Å². The summed E-state index contributed by atoms with van der Waals surface area (Å²) in [5.74, 6) is 1.40. The third-order valence-electron chi connectivity index (χ3n) is 2.99. The van der Waals surface area contributed by atoms with Crippen LogP contribution in [0, 0.1) is 0 Å². The van der Waals surface area contributed by atoms with Gasteiger partial charge in [0.25, 0.3) is 5.89 Å². The Kier molecular flexibility index (Phi) is 3.15. The quantitative estimate of drug-likeness (QED) is 0.800. The summed E-state index contributed by atoms with van der Waals surface area (Å²) < 4.78 is 6.77. The molecule has 0 saturated heterocycles. The highest BCUT2D eigenvalue weighted by molar-refractivity contribution is 6.31. The van der Waals surface area contributed by atoms with Crippen molar-refractivity contribution < 1.29 is 4.52 Å². The molecule has 7 heteroatoms. The Hall–Kier alpha value is -2.34. The first-order valence-electron chi connectivity index (χ1n) is 5.99. The van der Waals surface area contributed by atoms with Gasteiger partial charge >= 0.3 is 0 Å². The monoisotopic (exact) mass is 289 g/mol. The van der Waals surface area contributed by atoms with Gasteiger partial charge in [-0.15, -0.1) is 0 Å². The Bertz CT molecular complexity index is 749. The molecule has 2 N–H and O–H groups in total. The summed E-state index contributed by atoms with van der Waals surface area (Å²) in [5.41, 5.74) is 7.45. The van der Waals surface area contributed by atoms with Gasteiger partial charge in [-0.25, -0.2) is 0 Å². The van der Waals surface area contributed by atoms with Crippen LogP contribution in [0.25, 0.3) is 11.5 Å². The Morgan fingerprint density at radius 3 is 2.85 bits per heavy atom. The summed E-state index contributed by atoms with van der Waals surface area (Å²) in [6.45, 7) is 0. The topological polar surface area (TPSA) is 82.8 Å². The van der Waals surface area contributed by atoms with E-state index in [0.717, 1.165) is 5.56 Å². The number of hydrogen-bond donors (Lipinski definition) is 1. The highest BCUT2D eigenvalue weighted by Gasteiger charge is 2.15. The fourth-order valence-corrected chi connectivity index (χ4v) is 2.06. The minimum atomic E-state index is 0.359. The van der Waals surface area contributed by atoms with Crippen molar-refractivity contribution in [3.8, 4) is 11.5 Å². The standard InChI is InChI=1S/C13H12ClN5O/c1-19-12(15)9(7-16-19)13-17-11(18-20-13)6-8-4-2-3-5-10(8)14/h2-5,7H,6,15H2,1H3. The van der Waals surface area contributed by atoms with Gasteiger partial charge in [-0.3, -0.25) is 4.68 Å². The van der Waals surface area contributed by atoms with Crippen LogP contribution in [0.1, 0.15) is 11.4 Å². The molecule has 3 aromatic rings. The Morgan fingerprint density at radius 1 is 1.35 bits per heavy atom. The van der Waals surface area contributed by atoms with Gasteiger partial charge in [-0.1, -0.05) is 35.0 Å². The summed E-state index contributed by atoms with van der Waals surface area (Å²) in [6.07, 6.45) is 2.10. The molecule has 2 heterocycles. The first kappa shape index (κ1) is 12.7. The van der Waals surface area contributed by atoms with E-state index in [0.29, 0.717) is 34.5 Å². The van der Waals surface area contributed by atoms with E-state index < -0.39 is 0 Å². The molecule has 102 valence electrons. The number of aryl methyl sites for hydroxylation is 1. The molecule has 0 atom stereocenters. The smallest absolute Gasteiger partial charge is 0.263 e. The number of rotatable bonds is 3. The molecule has 3 rings (SSSR count). The van der Waals surface area contributed by atoms with E-state index in [4.69, 9.17) is 21.9 Å². The minimum Gasteiger partial charge on any atom is -0.383 e. The summed E-state index contributed by atoms with van der Waals surface area (Å²) in [4.78, 5) is 4.32. The summed E-state index contributed by atoms with van der Waals surface area (Å²) in [7, 11) is 1.75. The van der Waals surface area contributed by atoms with Gasteiger partial charge < -0.3 is 10.3 Å². The van der Waals surface area contributed by atoms with Crippen LogP contribution >= 0.6 is 11.6 Å². The van der Waals surface area contributed by atoms with Crippen molar-refractivity contribution in [1.82, 2.24) is 19.9 Å². The van der Waals surface area contributed by atoms with Gasteiger partial charge in [-0.05, 0) is 11.6 Å². The Morgan fingerprint density at radius 2 is 2.15 bits per heavy atom. The molecule has 20 heavy (non-hydrogen) atoms. The van der Waals surface area contributed by atoms with Crippen LogP contribution in [0.2, 0.25) is 5.02 Å². The maximum Gasteiger partial charge on any atom is 0.263 e. The number of hydrogen-bond acceptors (Lipinski definition) is 5. The summed E-state index contributed by atoms with van der Waals surface area (Å²) in [5, 5.41) is 8.66. The second-order valence-electron chi connectivity index (χ2n) is 4.35. The number of halogens is 1. The fraction of sp³-hybridized carbons (Fsp3) is 0.154. The SMILES string of the molecule is Cn1ncc(-c2nc(Cc3ccccc3Cl)no2)c1N. The molecule has 0 fully saturated rings. The maximum absolute atomic E-state index is 6.11. The molecule has 2 aromatic heterocycles. The highest BCUT2D eigenvalue weighted by atomic mass is 35.5. The second-order valence-corrected chi connectivity index (χ2v) is 4.76. The Labute approximate surface area is 120 Å². The van der Waals surface area contributed by atoms with Crippen molar-refractivity contribution in [2.45, 2.75) is 6.42 Å². The summed E-state index contributed by atoms with van der Waals surface area (Å²) >= 11 is 6.11. The zero-order valence-electron chi connectivity index (χ0n) is 10.7. The molecule has 0 bridgehead atoms. The van der Waals surface area contributed by atoms with Gasteiger partial charge in [0.2, 0.25) is 0 Å². The van der Waals surface area contributed by atoms with Crippen LogP contribution in [0.15, 0.2) is 35.0 Å². The molecule has 0 spiro atoms. The number of nitrogens with zero attached hydrogens (tertiary/aromatic N) is 4. The zero-order valence-corrected chi connectivity index (χ0v) is 11.5. The average molecular weight is 290 g/mol. The lowest BCUT2D eigenvalue weighted by molar-refractivity contribution is 0.424. The minimum absolute atomic E-state index is 0.359. The van der Waals surface area contributed by atoms with Crippen molar-refractivity contribution in [3.05, 3.63) is 46.9 Å². The number of nitrogens with two attached hydrogens (primary N) is 1. The molecule has 0 amide bonds. The largest absolute Gasteiger partial charge is 0.383 e. The normalized spacial score (nSPS) is 10.9. The van der Waals surface area contributed by atoms with Gasteiger partial charge in [0, 0.05) is 18.5 Å². The lowest BCUT2D eigenvalue weighted by Gasteiger charge is -1.98.